The molecule has 178 valence electrons. The standard InChI is InChI=1S/C23H40ClN5O.HI/c1-5-28(6-2)13-9-10-19(3)27-23(25-4)26-18-22(29-14-16-30-17-15-29)20-11-7-8-12-21(20)24;/h7-8,11-12,19,22H,5-6,9-10,13-18H2,1-4H3,(H2,25,26,27);1H. The Morgan fingerprint density at radius 2 is 1.90 bits per heavy atom. The molecule has 1 aliphatic heterocycles. The summed E-state index contributed by atoms with van der Waals surface area (Å²) in [6, 6.07) is 8.68. The summed E-state index contributed by atoms with van der Waals surface area (Å²) < 4.78 is 5.55. The number of hydrogen-bond acceptors (Lipinski definition) is 4. The van der Waals surface area contributed by atoms with Gasteiger partial charge in [0.25, 0.3) is 0 Å². The van der Waals surface area contributed by atoms with E-state index < -0.39 is 0 Å². The molecule has 1 heterocycles. The third kappa shape index (κ3) is 9.82. The monoisotopic (exact) mass is 565 g/mol. The Bertz CT molecular complexity index is 638. The lowest BCUT2D eigenvalue weighted by atomic mass is 10.0. The molecule has 0 spiro atoms. The van der Waals surface area contributed by atoms with Crippen LogP contribution in [0.4, 0.5) is 0 Å². The molecular formula is C23H41ClIN5O. The summed E-state index contributed by atoms with van der Waals surface area (Å²) in [5.74, 6) is 0.843. The first-order valence-electron chi connectivity index (χ1n) is 11.3. The molecule has 1 aromatic carbocycles. The zero-order valence-corrected chi connectivity index (χ0v) is 22.7. The van der Waals surface area contributed by atoms with Gasteiger partial charge in [-0.25, -0.2) is 0 Å². The number of hydrogen-bond donors (Lipinski definition) is 2. The topological polar surface area (TPSA) is 52.1 Å². The van der Waals surface area contributed by atoms with Gasteiger partial charge in [-0.2, -0.15) is 0 Å². The molecule has 1 aromatic rings. The first kappa shape index (κ1) is 28.4. The molecule has 2 atom stereocenters. The minimum absolute atomic E-state index is 0. The molecule has 0 bridgehead atoms. The summed E-state index contributed by atoms with van der Waals surface area (Å²) >= 11 is 6.54. The fourth-order valence-corrected chi connectivity index (χ4v) is 4.19. The van der Waals surface area contributed by atoms with Gasteiger partial charge in [0, 0.05) is 37.7 Å². The molecule has 0 aliphatic carbocycles. The van der Waals surface area contributed by atoms with Crippen molar-refractivity contribution in [2.45, 2.75) is 45.7 Å². The Hall–Kier alpha value is -0.610. The van der Waals surface area contributed by atoms with Crippen molar-refractivity contribution in [3.05, 3.63) is 34.9 Å². The van der Waals surface area contributed by atoms with E-state index in [2.05, 4.69) is 58.3 Å². The molecule has 0 radical (unpaired) electrons. The maximum atomic E-state index is 6.54. The second kappa shape index (κ2) is 16.1. The van der Waals surface area contributed by atoms with Crippen LogP contribution < -0.4 is 10.6 Å². The highest BCUT2D eigenvalue weighted by Crippen LogP contribution is 2.27. The number of ether oxygens (including phenoxy) is 1. The smallest absolute Gasteiger partial charge is 0.191 e. The Kier molecular flexibility index (Phi) is 14.7. The lowest BCUT2D eigenvalue weighted by molar-refractivity contribution is 0.0170. The summed E-state index contributed by atoms with van der Waals surface area (Å²) in [5, 5.41) is 7.89. The van der Waals surface area contributed by atoms with Crippen LogP contribution in [0.2, 0.25) is 5.02 Å². The second-order valence-corrected chi connectivity index (χ2v) is 8.26. The van der Waals surface area contributed by atoms with Gasteiger partial charge in [0.05, 0.1) is 19.3 Å². The van der Waals surface area contributed by atoms with Gasteiger partial charge < -0.3 is 20.3 Å². The van der Waals surface area contributed by atoms with Gasteiger partial charge in [-0.3, -0.25) is 9.89 Å². The van der Waals surface area contributed by atoms with Crippen molar-refractivity contribution in [3.8, 4) is 0 Å². The zero-order valence-electron chi connectivity index (χ0n) is 19.6. The second-order valence-electron chi connectivity index (χ2n) is 7.85. The number of benzene rings is 1. The van der Waals surface area contributed by atoms with Gasteiger partial charge in [0.1, 0.15) is 0 Å². The maximum Gasteiger partial charge on any atom is 0.191 e. The van der Waals surface area contributed by atoms with Gasteiger partial charge in [0.2, 0.25) is 0 Å². The van der Waals surface area contributed by atoms with E-state index >= 15 is 0 Å². The van der Waals surface area contributed by atoms with E-state index in [0.29, 0.717) is 6.04 Å². The highest BCUT2D eigenvalue weighted by Gasteiger charge is 2.24. The molecule has 2 unspecified atom stereocenters. The summed E-state index contributed by atoms with van der Waals surface area (Å²) in [6.45, 7) is 14.1. The lowest BCUT2D eigenvalue weighted by Crippen LogP contribution is -2.48. The van der Waals surface area contributed by atoms with E-state index in [-0.39, 0.29) is 30.0 Å². The van der Waals surface area contributed by atoms with Gasteiger partial charge in [-0.15, -0.1) is 24.0 Å². The van der Waals surface area contributed by atoms with E-state index in [4.69, 9.17) is 16.3 Å². The summed E-state index contributed by atoms with van der Waals surface area (Å²) in [4.78, 5) is 9.36. The molecule has 2 N–H and O–H groups in total. The van der Waals surface area contributed by atoms with E-state index in [1.54, 1.807) is 0 Å². The fourth-order valence-electron chi connectivity index (χ4n) is 3.92. The number of aliphatic imine (C=N–C) groups is 1. The summed E-state index contributed by atoms with van der Waals surface area (Å²) in [5.41, 5.74) is 1.15. The number of guanidine groups is 1. The van der Waals surface area contributed by atoms with Crippen molar-refractivity contribution < 1.29 is 4.74 Å². The SMILES string of the molecule is CCN(CC)CCCC(C)NC(=NC)NCC(c1ccccc1Cl)N1CCOCC1.I. The molecule has 0 saturated carbocycles. The predicted octanol–water partition coefficient (Wildman–Crippen LogP) is 4.01. The van der Waals surface area contributed by atoms with E-state index in [1.807, 2.05) is 19.2 Å². The van der Waals surface area contributed by atoms with Crippen molar-refractivity contribution >= 4 is 41.5 Å². The molecule has 6 nitrogen and oxygen atoms in total. The van der Waals surface area contributed by atoms with Crippen LogP contribution in [0.5, 0.6) is 0 Å². The van der Waals surface area contributed by atoms with Gasteiger partial charge in [0.15, 0.2) is 5.96 Å². The lowest BCUT2D eigenvalue weighted by Gasteiger charge is -2.35. The van der Waals surface area contributed by atoms with Crippen molar-refractivity contribution in [3.63, 3.8) is 0 Å². The van der Waals surface area contributed by atoms with Crippen molar-refractivity contribution in [2.24, 2.45) is 4.99 Å². The number of rotatable bonds is 11. The average molecular weight is 566 g/mol. The normalized spacial score (nSPS) is 17.2. The first-order chi connectivity index (χ1) is 14.6. The van der Waals surface area contributed by atoms with Gasteiger partial charge in [-0.1, -0.05) is 43.6 Å². The molecule has 1 saturated heterocycles. The highest BCUT2D eigenvalue weighted by molar-refractivity contribution is 14.0. The third-order valence-corrected chi connectivity index (χ3v) is 6.17. The Morgan fingerprint density at radius 1 is 1.23 bits per heavy atom. The summed E-state index contributed by atoms with van der Waals surface area (Å²) in [6.07, 6.45) is 2.30. The van der Waals surface area contributed by atoms with Crippen LogP contribution in [0.15, 0.2) is 29.3 Å². The van der Waals surface area contributed by atoms with Crippen LogP contribution in [0.25, 0.3) is 0 Å². The number of nitrogens with zero attached hydrogens (tertiary/aromatic N) is 3. The van der Waals surface area contributed by atoms with Crippen molar-refractivity contribution in [2.75, 3.05) is 59.5 Å². The van der Waals surface area contributed by atoms with Gasteiger partial charge in [-0.05, 0) is 51.0 Å². The minimum atomic E-state index is 0. The quantitative estimate of drug-likeness (QED) is 0.241. The van der Waals surface area contributed by atoms with Crippen LogP contribution in [-0.4, -0.2) is 81.3 Å². The molecule has 31 heavy (non-hydrogen) atoms. The molecule has 1 fully saturated rings. The Balaban J connectivity index is 0.00000480. The summed E-state index contributed by atoms with van der Waals surface area (Å²) in [7, 11) is 1.83. The average Bonchev–Trinajstić information content (AvgIpc) is 2.78. The van der Waals surface area contributed by atoms with E-state index in [9.17, 15) is 0 Å². The molecule has 8 heteroatoms. The number of morpholine rings is 1. The zero-order chi connectivity index (χ0) is 21.8. The Labute approximate surface area is 211 Å². The van der Waals surface area contributed by atoms with Crippen molar-refractivity contribution in [1.82, 2.24) is 20.4 Å². The largest absolute Gasteiger partial charge is 0.379 e. The predicted molar refractivity (Wildman–Crippen MR) is 143 cm³/mol. The van der Waals surface area contributed by atoms with E-state index in [0.717, 1.165) is 75.4 Å². The third-order valence-electron chi connectivity index (χ3n) is 5.83. The Morgan fingerprint density at radius 3 is 2.52 bits per heavy atom. The molecular weight excluding hydrogens is 525 g/mol. The number of nitrogens with one attached hydrogen (secondary N) is 2. The molecule has 1 aliphatic rings. The minimum Gasteiger partial charge on any atom is -0.379 e. The first-order valence-corrected chi connectivity index (χ1v) is 11.7. The van der Waals surface area contributed by atoms with Crippen LogP contribution in [0.1, 0.15) is 45.2 Å². The van der Waals surface area contributed by atoms with Crippen molar-refractivity contribution in [1.29, 1.82) is 0 Å². The van der Waals surface area contributed by atoms with Crippen LogP contribution in [-0.2, 0) is 4.74 Å². The van der Waals surface area contributed by atoms with Crippen LogP contribution in [0, 0.1) is 0 Å². The van der Waals surface area contributed by atoms with E-state index in [1.165, 1.54) is 6.42 Å². The van der Waals surface area contributed by atoms with Gasteiger partial charge >= 0.3 is 0 Å². The maximum absolute atomic E-state index is 6.54. The number of halogens is 2. The molecule has 0 amide bonds. The molecule has 0 aromatic heterocycles. The van der Waals surface area contributed by atoms with Crippen LogP contribution in [0.3, 0.4) is 0 Å². The van der Waals surface area contributed by atoms with Crippen LogP contribution >= 0.6 is 35.6 Å². The fraction of sp³-hybridized carbons (Fsp3) is 0.696. The molecule has 2 rings (SSSR count). The highest BCUT2D eigenvalue weighted by atomic mass is 127.